The van der Waals surface area contributed by atoms with Gasteiger partial charge in [-0.25, -0.2) is 12.7 Å². The maximum atomic E-state index is 12.3. The smallest absolute Gasteiger partial charge is 0.207 e. The molecule has 0 saturated heterocycles. The van der Waals surface area contributed by atoms with Gasteiger partial charge in [-0.15, -0.1) is 11.6 Å². The zero-order valence-corrected chi connectivity index (χ0v) is 12.2. The number of alkyl halides is 1. The van der Waals surface area contributed by atoms with Crippen LogP contribution in [0, 0.1) is 12.8 Å². The van der Waals surface area contributed by atoms with Crippen LogP contribution >= 0.6 is 11.6 Å². The minimum Gasteiger partial charge on any atom is -0.207 e. The van der Waals surface area contributed by atoms with Gasteiger partial charge >= 0.3 is 0 Å². The van der Waals surface area contributed by atoms with Crippen LogP contribution in [0.4, 0.5) is 0 Å². The van der Waals surface area contributed by atoms with Gasteiger partial charge in [-0.05, 0) is 37.8 Å². The zero-order valence-electron chi connectivity index (χ0n) is 10.6. The normalized spacial score (nSPS) is 24.0. The molecule has 0 spiro atoms. The molecule has 0 heterocycles. The fraction of sp³-hybridized carbons (Fsp3) is 0.538. The third-order valence-corrected chi connectivity index (χ3v) is 5.62. The van der Waals surface area contributed by atoms with E-state index in [1.165, 1.54) is 4.31 Å². The molecule has 0 aromatic heterocycles. The molecular weight excluding hydrogens is 270 g/mol. The Kier molecular flexibility index (Phi) is 3.99. The SMILES string of the molecule is Cc1ccc(S(=O)(=O)N(C)CC2CC(Cl)C2)cc1. The quantitative estimate of drug-likeness (QED) is 0.799. The van der Waals surface area contributed by atoms with Crippen molar-refractivity contribution in [3.63, 3.8) is 0 Å². The van der Waals surface area contributed by atoms with E-state index >= 15 is 0 Å². The molecule has 1 aliphatic carbocycles. The molecule has 1 saturated carbocycles. The maximum Gasteiger partial charge on any atom is 0.242 e. The van der Waals surface area contributed by atoms with Crippen molar-refractivity contribution in [1.82, 2.24) is 4.31 Å². The van der Waals surface area contributed by atoms with Gasteiger partial charge < -0.3 is 0 Å². The zero-order chi connectivity index (χ0) is 13.3. The van der Waals surface area contributed by atoms with E-state index in [1.54, 1.807) is 19.2 Å². The highest BCUT2D eigenvalue weighted by molar-refractivity contribution is 7.89. The Balaban J connectivity index is 2.08. The molecular formula is C13H18ClNO2S. The minimum atomic E-state index is -3.35. The summed E-state index contributed by atoms with van der Waals surface area (Å²) in [5, 5.41) is 0.227. The fourth-order valence-electron chi connectivity index (χ4n) is 2.16. The molecule has 0 atom stereocenters. The monoisotopic (exact) mass is 287 g/mol. The highest BCUT2D eigenvalue weighted by Gasteiger charge is 2.31. The number of hydrogen-bond donors (Lipinski definition) is 0. The van der Waals surface area contributed by atoms with Crippen molar-refractivity contribution in [3.05, 3.63) is 29.8 Å². The van der Waals surface area contributed by atoms with E-state index in [-0.39, 0.29) is 5.38 Å². The average Bonchev–Trinajstić information content (AvgIpc) is 2.27. The lowest BCUT2D eigenvalue weighted by Gasteiger charge is -2.33. The Bertz CT molecular complexity index is 506. The molecule has 100 valence electrons. The molecule has 1 fully saturated rings. The molecule has 18 heavy (non-hydrogen) atoms. The average molecular weight is 288 g/mol. The maximum absolute atomic E-state index is 12.3. The third-order valence-electron chi connectivity index (χ3n) is 3.42. The van der Waals surface area contributed by atoms with Crippen LogP contribution in [-0.4, -0.2) is 31.7 Å². The summed E-state index contributed by atoms with van der Waals surface area (Å²) >= 11 is 5.91. The topological polar surface area (TPSA) is 37.4 Å². The molecule has 1 aliphatic rings. The molecule has 0 aliphatic heterocycles. The van der Waals surface area contributed by atoms with Crippen molar-refractivity contribution < 1.29 is 8.42 Å². The van der Waals surface area contributed by atoms with E-state index in [2.05, 4.69) is 0 Å². The van der Waals surface area contributed by atoms with E-state index < -0.39 is 10.0 Å². The van der Waals surface area contributed by atoms with Crippen LogP contribution in [0.25, 0.3) is 0 Å². The molecule has 0 N–H and O–H groups in total. The summed E-state index contributed by atoms with van der Waals surface area (Å²) in [6, 6.07) is 6.95. The second-order valence-corrected chi connectivity index (χ2v) is 7.70. The number of benzene rings is 1. The Labute approximate surface area is 114 Å². The highest BCUT2D eigenvalue weighted by atomic mass is 35.5. The summed E-state index contributed by atoms with van der Waals surface area (Å²) in [4.78, 5) is 0.359. The van der Waals surface area contributed by atoms with Gasteiger partial charge in [-0.3, -0.25) is 0 Å². The number of rotatable bonds is 4. The summed E-state index contributed by atoms with van der Waals surface area (Å²) in [6.07, 6.45) is 1.82. The van der Waals surface area contributed by atoms with Gasteiger partial charge in [0.1, 0.15) is 0 Å². The standard InChI is InChI=1S/C13H18ClNO2S/c1-10-3-5-13(6-4-10)18(16,17)15(2)9-11-7-12(14)8-11/h3-6,11-12H,7-9H2,1-2H3. The van der Waals surface area contributed by atoms with E-state index in [0.29, 0.717) is 17.4 Å². The molecule has 0 amide bonds. The molecule has 1 aromatic carbocycles. The second kappa shape index (κ2) is 5.19. The van der Waals surface area contributed by atoms with Crippen LogP contribution in [0.2, 0.25) is 0 Å². The van der Waals surface area contributed by atoms with Crippen LogP contribution < -0.4 is 0 Å². The van der Waals surface area contributed by atoms with E-state index in [9.17, 15) is 8.42 Å². The first-order valence-electron chi connectivity index (χ1n) is 6.06. The van der Waals surface area contributed by atoms with Gasteiger partial charge in [-0.2, -0.15) is 0 Å². The lowest BCUT2D eigenvalue weighted by Crippen LogP contribution is -2.37. The Morgan fingerprint density at radius 3 is 2.33 bits per heavy atom. The second-order valence-electron chi connectivity index (χ2n) is 5.03. The fourth-order valence-corrected chi connectivity index (χ4v) is 3.91. The van der Waals surface area contributed by atoms with Crippen LogP contribution in [-0.2, 0) is 10.0 Å². The summed E-state index contributed by atoms with van der Waals surface area (Å²) in [6.45, 7) is 2.49. The van der Waals surface area contributed by atoms with Gasteiger partial charge in [0.15, 0.2) is 0 Å². The first-order chi connectivity index (χ1) is 8.39. The molecule has 3 nitrogen and oxygen atoms in total. The number of hydrogen-bond acceptors (Lipinski definition) is 2. The Morgan fingerprint density at radius 1 is 1.28 bits per heavy atom. The lowest BCUT2D eigenvalue weighted by molar-refractivity contribution is 0.268. The Hall–Kier alpha value is -0.580. The lowest BCUT2D eigenvalue weighted by atomic mass is 9.85. The van der Waals surface area contributed by atoms with Crippen molar-refractivity contribution >= 4 is 21.6 Å². The van der Waals surface area contributed by atoms with E-state index in [4.69, 9.17) is 11.6 Å². The Morgan fingerprint density at radius 2 is 1.83 bits per heavy atom. The number of nitrogens with zero attached hydrogens (tertiary/aromatic N) is 1. The van der Waals surface area contributed by atoms with Crippen molar-refractivity contribution in [2.24, 2.45) is 5.92 Å². The predicted octanol–water partition coefficient (Wildman–Crippen LogP) is 2.63. The molecule has 0 bridgehead atoms. The molecule has 0 unspecified atom stereocenters. The summed E-state index contributed by atoms with van der Waals surface area (Å²) in [7, 11) is -1.72. The van der Waals surface area contributed by atoms with Gasteiger partial charge in [0.05, 0.1) is 4.90 Å². The van der Waals surface area contributed by atoms with Gasteiger partial charge in [0.2, 0.25) is 10.0 Å². The third kappa shape index (κ3) is 2.87. The summed E-state index contributed by atoms with van der Waals surface area (Å²) in [5.74, 6) is 0.401. The van der Waals surface area contributed by atoms with Crippen LogP contribution in [0.3, 0.4) is 0 Å². The van der Waals surface area contributed by atoms with Gasteiger partial charge in [0, 0.05) is 19.0 Å². The number of aryl methyl sites for hydroxylation is 1. The van der Waals surface area contributed by atoms with E-state index in [1.807, 2.05) is 19.1 Å². The predicted molar refractivity (Wildman–Crippen MR) is 73.4 cm³/mol. The largest absolute Gasteiger partial charge is 0.242 e. The molecule has 2 rings (SSSR count). The van der Waals surface area contributed by atoms with Gasteiger partial charge in [-0.1, -0.05) is 17.7 Å². The van der Waals surface area contributed by atoms with Crippen LogP contribution in [0.5, 0.6) is 0 Å². The number of sulfonamides is 1. The van der Waals surface area contributed by atoms with Crippen molar-refractivity contribution in [1.29, 1.82) is 0 Å². The van der Waals surface area contributed by atoms with E-state index in [0.717, 1.165) is 18.4 Å². The molecule has 1 aromatic rings. The molecule has 5 heteroatoms. The van der Waals surface area contributed by atoms with Gasteiger partial charge in [0.25, 0.3) is 0 Å². The summed E-state index contributed by atoms with van der Waals surface area (Å²) < 4.78 is 26.0. The number of halogens is 1. The molecule has 0 radical (unpaired) electrons. The summed E-state index contributed by atoms with van der Waals surface area (Å²) in [5.41, 5.74) is 1.06. The van der Waals surface area contributed by atoms with Crippen molar-refractivity contribution in [2.75, 3.05) is 13.6 Å². The first-order valence-corrected chi connectivity index (χ1v) is 7.94. The van der Waals surface area contributed by atoms with Crippen LogP contribution in [0.1, 0.15) is 18.4 Å². The van der Waals surface area contributed by atoms with Crippen molar-refractivity contribution in [3.8, 4) is 0 Å². The minimum absolute atomic E-state index is 0.227. The van der Waals surface area contributed by atoms with Crippen molar-refractivity contribution in [2.45, 2.75) is 30.0 Å². The van der Waals surface area contributed by atoms with Crippen LogP contribution in [0.15, 0.2) is 29.2 Å². The first kappa shape index (κ1) is 13.8. The highest BCUT2D eigenvalue weighted by Crippen LogP contribution is 2.33.